The summed E-state index contributed by atoms with van der Waals surface area (Å²) in [7, 11) is 0. The fourth-order valence-electron chi connectivity index (χ4n) is 3.99. The lowest BCUT2D eigenvalue weighted by molar-refractivity contribution is -0.130. The molecule has 0 aromatic heterocycles. The summed E-state index contributed by atoms with van der Waals surface area (Å²) in [6, 6.07) is 25.6. The number of hydrogen-bond acceptors (Lipinski definition) is 4. The lowest BCUT2D eigenvalue weighted by Gasteiger charge is -2.27. The molecule has 1 unspecified atom stereocenters. The highest BCUT2D eigenvalue weighted by Gasteiger charge is 2.42. The minimum absolute atomic E-state index is 0.0790. The van der Waals surface area contributed by atoms with Crippen LogP contribution in [0, 0.1) is 0 Å². The van der Waals surface area contributed by atoms with E-state index in [0.29, 0.717) is 6.61 Å². The Labute approximate surface area is 199 Å². The van der Waals surface area contributed by atoms with Gasteiger partial charge in [-0.25, -0.2) is 0 Å². The molecule has 5 heteroatoms. The van der Waals surface area contributed by atoms with Gasteiger partial charge < -0.3 is 14.7 Å². The number of nitrogens with zero attached hydrogens (tertiary/aromatic N) is 1. The monoisotopic (exact) mass is 453 g/mol. The van der Waals surface area contributed by atoms with Gasteiger partial charge in [0.15, 0.2) is 11.5 Å². The molecule has 3 aromatic rings. The molecule has 0 radical (unpaired) electrons. The zero-order valence-corrected chi connectivity index (χ0v) is 19.1. The van der Waals surface area contributed by atoms with Crippen LogP contribution < -0.4 is 4.74 Å². The minimum Gasteiger partial charge on any atom is -0.503 e. The molecule has 34 heavy (non-hydrogen) atoms. The maximum absolute atomic E-state index is 13.3. The molecular weight excluding hydrogens is 426 g/mol. The second kappa shape index (κ2) is 10.7. The number of hydrogen-bond donors (Lipinski definition) is 1. The third-order valence-electron chi connectivity index (χ3n) is 5.66. The van der Waals surface area contributed by atoms with Gasteiger partial charge in [-0.3, -0.25) is 9.59 Å². The molecular formula is C29H27NO4. The van der Waals surface area contributed by atoms with Crippen LogP contribution in [0.1, 0.15) is 36.1 Å². The molecule has 5 nitrogen and oxygen atoms in total. The van der Waals surface area contributed by atoms with Crippen molar-refractivity contribution in [2.75, 3.05) is 6.61 Å². The van der Waals surface area contributed by atoms with Crippen molar-refractivity contribution in [2.24, 2.45) is 0 Å². The summed E-state index contributed by atoms with van der Waals surface area (Å²) in [5.74, 6) is -0.747. The van der Waals surface area contributed by atoms with E-state index in [1.54, 1.807) is 6.08 Å². The maximum Gasteiger partial charge on any atom is 0.290 e. The average Bonchev–Trinajstić information content (AvgIpc) is 3.12. The number of carbonyl (C=O) groups excluding carboxylic acids is 2. The first-order chi connectivity index (χ1) is 16.6. The Balaban J connectivity index is 1.69. The number of ketones is 1. The molecule has 0 saturated carbocycles. The molecule has 172 valence electrons. The Kier molecular flexibility index (Phi) is 7.23. The zero-order chi connectivity index (χ0) is 23.9. The molecule has 1 N–H and O–H groups in total. The van der Waals surface area contributed by atoms with Crippen LogP contribution in [0.2, 0.25) is 0 Å². The summed E-state index contributed by atoms with van der Waals surface area (Å²) in [6.07, 6.45) is 3.99. The van der Waals surface area contributed by atoms with Crippen LogP contribution in [0.4, 0.5) is 0 Å². The van der Waals surface area contributed by atoms with E-state index in [9.17, 15) is 14.7 Å². The minimum atomic E-state index is -0.708. The van der Waals surface area contributed by atoms with Crippen molar-refractivity contribution in [3.63, 3.8) is 0 Å². The number of amides is 1. The lowest BCUT2D eigenvalue weighted by atomic mass is 9.95. The van der Waals surface area contributed by atoms with E-state index in [1.807, 2.05) is 91.9 Å². The van der Waals surface area contributed by atoms with Gasteiger partial charge in [-0.05, 0) is 41.3 Å². The number of ether oxygens (including phenoxy) is 1. The van der Waals surface area contributed by atoms with E-state index in [4.69, 9.17) is 4.74 Å². The predicted octanol–water partition coefficient (Wildman–Crippen LogP) is 5.65. The smallest absolute Gasteiger partial charge is 0.290 e. The Bertz CT molecular complexity index is 1200. The Morgan fingerprint density at radius 2 is 1.62 bits per heavy atom. The third kappa shape index (κ3) is 5.09. The molecule has 0 spiro atoms. The summed E-state index contributed by atoms with van der Waals surface area (Å²) in [4.78, 5) is 27.9. The van der Waals surface area contributed by atoms with E-state index in [0.717, 1.165) is 28.9 Å². The number of carbonyl (C=O) groups is 2. The SMILES string of the molecule is CCCOc1ccc(C2C(C(=O)/C=C/c3ccccc3)=C(O)C(=O)N2Cc2ccccc2)cc1. The van der Waals surface area contributed by atoms with Crippen LogP contribution in [0.5, 0.6) is 5.75 Å². The summed E-state index contributed by atoms with van der Waals surface area (Å²) < 4.78 is 5.68. The standard InChI is InChI=1S/C29H27NO4/c1-2-19-34-24-16-14-23(15-17-24)27-26(25(31)18-13-21-9-5-3-6-10-21)28(32)29(33)30(27)20-22-11-7-4-8-12-22/h3-18,27,32H,2,19-20H2,1H3/b18-13+. The zero-order valence-electron chi connectivity index (χ0n) is 19.1. The molecule has 1 atom stereocenters. The van der Waals surface area contributed by atoms with Crippen molar-refractivity contribution < 1.29 is 19.4 Å². The fourth-order valence-corrected chi connectivity index (χ4v) is 3.99. The fraction of sp³-hybridized carbons (Fsp3) is 0.172. The molecule has 3 aromatic carbocycles. The highest BCUT2D eigenvalue weighted by Crippen LogP contribution is 2.39. The van der Waals surface area contributed by atoms with Crippen molar-refractivity contribution in [2.45, 2.75) is 25.9 Å². The van der Waals surface area contributed by atoms with Crippen molar-refractivity contribution in [1.29, 1.82) is 0 Å². The van der Waals surface area contributed by atoms with Gasteiger partial charge in [-0.15, -0.1) is 0 Å². The van der Waals surface area contributed by atoms with E-state index in [1.165, 1.54) is 11.0 Å². The van der Waals surface area contributed by atoms with Crippen LogP contribution in [-0.4, -0.2) is 28.3 Å². The first kappa shape index (κ1) is 23.1. The van der Waals surface area contributed by atoms with E-state index in [2.05, 4.69) is 0 Å². The second-order valence-corrected chi connectivity index (χ2v) is 8.11. The van der Waals surface area contributed by atoms with Crippen LogP contribution in [-0.2, 0) is 16.1 Å². The van der Waals surface area contributed by atoms with Crippen molar-refractivity contribution >= 4 is 17.8 Å². The van der Waals surface area contributed by atoms with E-state index < -0.39 is 23.5 Å². The van der Waals surface area contributed by atoms with Gasteiger partial charge >= 0.3 is 0 Å². The van der Waals surface area contributed by atoms with Crippen LogP contribution in [0.25, 0.3) is 6.08 Å². The third-order valence-corrected chi connectivity index (χ3v) is 5.66. The predicted molar refractivity (Wildman–Crippen MR) is 132 cm³/mol. The number of aliphatic hydroxyl groups is 1. The summed E-state index contributed by atoms with van der Waals surface area (Å²) >= 11 is 0. The summed E-state index contributed by atoms with van der Waals surface area (Å²) in [6.45, 7) is 2.91. The maximum atomic E-state index is 13.3. The van der Waals surface area contributed by atoms with Gasteiger partial charge in [0.25, 0.3) is 5.91 Å². The summed E-state index contributed by atoms with van der Waals surface area (Å²) in [5, 5.41) is 10.8. The molecule has 0 saturated heterocycles. The molecule has 4 rings (SSSR count). The number of benzene rings is 3. The number of aliphatic hydroxyl groups excluding tert-OH is 1. The van der Waals surface area contributed by atoms with E-state index >= 15 is 0 Å². The quantitative estimate of drug-likeness (QED) is 0.425. The molecule has 0 bridgehead atoms. The van der Waals surface area contributed by atoms with Gasteiger partial charge in [-0.1, -0.05) is 85.8 Å². The highest BCUT2D eigenvalue weighted by molar-refractivity contribution is 6.14. The van der Waals surface area contributed by atoms with E-state index in [-0.39, 0.29) is 12.1 Å². The molecule has 1 aliphatic rings. The molecule has 0 fully saturated rings. The molecule has 0 aliphatic carbocycles. The second-order valence-electron chi connectivity index (χ2n) is 8.11. The Hall–Kier alpha value is -4.12. The molecule has 1 heterocycles. The number of allylic oxidation sites excluding steroid dienone is 1. The van der Waals surface area contributed by atoms with Gasteiger partial charge in [0.1, 0.15) is 5.75 Å². The molecule has 1 amide bonds. The Morgan fingerprint density at radius 3 is 2.26 bits per heavy atom. The van der Waals surface area contributed by atoms with Gasteiger partial charge in [0.05, 0.1) is 18.2 Å². The summed E-state index contributed by atoms with van der Waals surface area (Å²) in [5.41, 5.74) is 2.57. The number of rotatable bonds is 9. The first-order valence-corrected chi connectivity index (χ1v) is 11.4. The normalized spacial score (nSPS) is 15.9. The highest BCUT2D eigenvalue weighted by atomic mass is 16.5. The van der Waals surface area contributed by atoms with Crippen LogP contribution >= 0.6 is 0 Å². The topological polar surface area (TPSA) is 66.8 Å². The van der Waals surface area contributed by atoms with Crippen LogP contribution in [0.15, 0.2) is 102 Å². The van der Waals surface area contributed by atoms with Gasteiger partial charge in [-0.2, -0.15) is 0 Å². The van der Waals surface area contributed by atoms with Crippen molar-refractivity contribution in [3.8, 4) is 5.75 Å². The van der Waals surface area contributed by atoms with Gasteiger partial charge in [0, 0.05) is 6.54 Å². The first-order valence-electron chi connectivity index (χ1n) is 11.4. The largest absolute Gasteiger partial charge is 0.503 e. The lowest BCUT2D eigenvalue weighted by Crippen LogP contribution is -2.30. The Morgan fingerprint density at radius 1 is 0.971 bits per heavy atom. The van der Waals surface area contributed by atoms with Crippen molar-refractivity contribution in [1.82, 2.24) is 4.90 Å². The molecule has 1 aliphatic heterocycles. The van der Waals surface area contributed by atoms with Crippen LogP contribution in [0.3, 0.4) is 0 Å². The van der Waals surface area contributed by atoms with Gasteiger partial charge in [0.2, 0.25) is 0 Å². The van der Waals surface area contributed by atoms with Crippen molar-refractivity contribution in [3.05, 3.63) is 119 Å². The average molecular weight is 454 g/mol.